The zero-order valence-electron chi connectivity index (χ0n) is 18.1. The largest absolute Gasteiger partial charge is 0.473 e. The molecule has 1 aromatic carbocycles. The molecule has 166 valence electrons. The minimum atomic E-state index is -0.932. The summed E-state index contributed by atoms with van der Waals surface area (Å²) >= 11 is 5.74. The standard InChI is InChI=1S/C22H30ClFN2O4/c1-8-20(29-13-16-9-10-17(23)11-18(16)24)25-15(3)14(2)19(27)12-26(7)21(28)30-22(4,5)6/h8-11,14,19,27H,1,3,12-13H2,2,4-7H3. The SMILES string of the molecule is C=CC(=NC(=C)C(C)C(O)CN(C)C(=O)OC(C)(C)C)OCc1ccc(Cl)cc1F. The van der Waals surface area contributed by atoms with Crippen LogP contribution in [0.1, 0.15) is 33.3 Å². The summed E-state index contributed by atoms with van der Waals surface area (Å²) in [6, 6.07) is 4.28. The smallest absolute Gasteiger partial charge is 0.410 e. The molecular formula is C22H30ClFN2O4. The van der Waals surface area contributed by atoms with Crippen LogP contribution >= 0.6 is 11.6 Å². The van der Waals surface area contributed by atoms with Gasteiger partial charge in [-0.15, -0.1) is 0 Å². The Hall–Kier alpha value is -2.38. The molecule has 2 unspecified atom stereocenters. The number of ether oxygens (including phenoxy) is 2. The van der Waals surface area contributed by atoms with E-state index >= 15 is 0 Å². The van der Waals surface area contributed by atoms with Gasteiger partial charge in [-0.1, -0.05) is 37.7 Å². The molecule has 8 heteroatoms. The van der Waals surface area contributed by atoms with Gasteiger partial charge >= 0.3 is 6.09 Å². The Bertz CT molecular complexity index is 805. The molecule has 0 heterocycles. The number of hydrogen-bond donors (Lipinski definition) is 1. The number of rotatable bonds is 8. The molecule has 0 bridgehead atoms. The van der Waals surface area contributed by atoms with Gasteiger partial charge in [-0.3, -0.25) is 0 Å². The number of hydrogen-bond acceptors (Lipinski definition) is 5. The molecule has 0 spiro atoms. The maximum Gasteiger partial charge on any atom is 0.410 e. The molecule has 0 fully saturated rings. The van der Waals surface area contributed by atoms with E-state index in [4.69, 9.17) is 21.1 Å². The molecule has 1 N–H and O–H groups in total. The molecule has 30 heavy (non-hydrogen) atoms. The number of aliphatic imine (C=N–C) groups is 1. The van der Waals surface area contributed by atoms with E-state index < -0.39 is 29.5 Å². The highest BCUT2D eigenvalue weighted by molar-refractivity contribution is 6.30. The van der Waals surface area contributed by atoms with E-state index in [2.05, 4.69) is 18.2 Å². The molecule has 0 aliphatic rings. The van der Waals surface area contributed by atoms with Crippen molar-refractivity contribution in [3.8, 4) is 0 Å². The fourth-order valence-corrected chi connectivity index (χ4v) is 2.40. The first kappa shape index (κ1) is 25.7. The lowest BCUT2D eigenvalue weighted by atomic mass is 10.0. The normalized spacial score (nSPS) is 13.9. The number of carbonyl (C=O) groups excluding carboxylic acids is 1. The predicted octanol–water partition coefficient (Wildman–Crippen LogP) is 4.96. The Morgan fingerprint density at radius 3 is 2.60 bits per heavy atom. The van der Waals surface area contributed by atoms with E-state index in [1.807, 2.05) is 0 Å². The average Bonchev–Trinajstić information content (AvgIpc) is 2.63. The van der Waals surface area contributed by atoms with Crippen LogP contribution in [-0.2, 0) is 16.1 Å². The minimum Gasteiger partial charge on any atom is -0.473 e. The number of benzene rings is 1. The van der Waals surface area contributed by atoms with Gasteiger partial charge < -0.3 is 19.5 Å². The molecule has 1 amide bonds. The number of aliphatic hydroxyl groups is 1. The number of amides is 1. The first-order valence-corrected chi connectivity index (χ1v) is 9.80. The van der Waals surface area contributed by atoms with Crippen molar-refractivity contribution < 1.29 is 23.8 Å². The van der Waals surface area contributed by atoms with Crippen LogP contribution in [0.25, 0.3) is 0 Å². The Labute approximate surface area is 182 Å². The third-order valence-electron chi connectivity index (χ3n) is 4.09. The Balaban J connectivity index is 2.70. The molecule has 6 nitrogen and oxygen atoms in total. The van der Waals surface area contributed by atoms with Gasteiger partial charge in [-0.25, -0.2) is 14.2 Å². The Morgan fingerprint density at radius 2 is 2.07 bits per heavy atom. The molecular weight excluding hydrogens is 411 g/mol. The molecule has 0 saturated heterocycles. The van der Waals surface area contributed by atoms with Crippen molar-refractivity contribution in [2.24, 2.45) is 10.9 Å². The molecule has 0 aliphatic heterocycles. The highest BCUT2D eigenvalue weighted by Crippen LogP contribution is 2.19. The van der Waals surface area contributed by atoms with Gasteiger partial charge in [0.05, 0.1) is 12.6 Å². The van der Waals surface area contributed by atoms with Crippen molar-refractivity contribution in [1.29, 1.82) is 0 Å². The zero-order chi connectivity index (χ0) is 23.1. The van der Waals surface area contributed by atoms with Crippen LogP contribution < -0.4 is 0 Å². The molecule has 2 atom stereocenters. The number of aliphatic hydroxyl groups excluding tert-OH is 1. The lowest BCUT2D eigenvalue weighted by Crippen LogP contribution is -2.40. The van der Waals surface area contributed by atoms with Crippen LogP contribution in [0.3, 0.4) is 0 Å². The van der Waals surface area contributed by atoms with Gasteiger partial charge in [0.1, 0.15) is 18.0 Å². The first-order chi connectivity index (χ1) is 13.8. The molecule has 0 aromatic heterocycles. The summed E-state index contributed by atoms with van der Waals surface area (Å²) in [4.78, 5) is 17.6. The molecule has 1 rings (SSSR count). The van der Waals surface area contributed by atoms with Crippen LogP contribution in [0.5, 0.6) is 0 Å². The molecule has 0 aliphatic carbocycles. The monoisotopic (exact) mass is 440 g/mol. The predicted molar refractivity (Wildman–Crippen MR) is 117 cm³/mol. The topological polar surface area (TPSA) is 71.4 Å². The highest BCUT2D eigenvalue weighted by atomic mass is 35.5. The van der Waals surface area contributed by atoms with Crippen molar-refractivity contribution in [1.82, 2.24) is 4.90 Å². The average molecular weight is 441 g/mol. The van der Waals surface area contributed by atoms with Gasteiger partial charge in [0.25, 0.3) is 0 Å². The lowest BCUT2D eigenvalue weighted by Gasteiger charge is -2.28. The van der Waals surface area contributed by atoms with Crippen LogP contribution in [0.4, 0.5) is 9.18 Å². The van der Waals surface area contributed by atoms with Crippen molar-refractivity contribution in [2.45, 2.75) is 46.0 Å². The summed E-state index contributed by atoms with van der Waals surface area (Å²) in [7, 11) is 1.54. The first-order valence-electron chi connectivity index (χ1n) is 9.43. The van der Waals surface area contributed by atoms with Gasteiger partial charge in [-0.05, 0) is 39.0 Å². The second-order valence-corrected chi connectivity index (χ2v) is 8.32. The Kier molecular flexibility index (Phi) is 9.52. The van der Waals surface area contributed by atoms with E-state index in [1.165, 1.54) is 30.2 Å². The van der Waals surface area contributed by atoms with E-state index in [1.54, 1.807) is 33.8 Å². The van der Waals surface area contributed by atoms with Gasteiger partial charge in [0.2, 0.25) is 5.90 Å². The fourth-order valence-electron chi connectivity index (χ4n) is 2.25. The quantitative estimate of drug-likeness (QED) is 0.458. The van der Waals surface area contributed by atoms with Crippen LogP contribution in [-0.4, -0.2) is 47.3 Å². The van der Waals surface area contributed by atoms with Crippen molar-refractivity contribution in [3.05, 3.63) is 59.5 Å². The van der Waals surface area contributed by atoms with E-state index in [0.717, 1.165) is 0 Å². The van der Waals surface area contributed by atoms with Crippen LogP contribution in [0, 0.1) is 11.7 Å². The summed E-state index contributed by atoms with van der Waals surface area (Å²) < 4.78 is 24.6. The third kappa shape index (κ3) is 8.55. The number of carbonyl (C=O) groups is 1. The minimum absolute atomic E-state index is 0.0326. The fraction of sp³-hybridized carbons (Fsp3) is 0.455. The number of likely N-dealkylation sites (N-methyl/N-ethyl adjacent to an activating group) is 1. The molecule has 0 saturated carbocycles. The van der Waals surface area contributed by atoms with Gasteiger partial charge in [-0.2, -0.15) is 0 Å². The van der Waals surface area contributed by atoms with Gasteiger partial charge in [0.15, 0.2) is 0 Å². The second kappa shape index (κ2) is 11.1. The highest BCUT2D eigenvalue weighted by Gasteiger charge is 2.25. The van der Waals surface area contributed by atoms with E-state index in [-0.39, 0.29) is 19.0 Å². The lowest BCUT2D eigenvalue weighted by molar-refractivity contribution is 0.0166. The summed E-state index contributed by atoms with van der Waals surface area (Å²) in [6.07, 6.45) is -0.105. The summed E-state index contributed by atoms with van der Waals surface area (Å²) in [5, 5.41) is 10.7. The molecule has 0 radical (unpaired) electrons. The zero-order valence-corrected chi connectivity index (χ0v) is 18.9. The van der Waals surface area contributed by atoms with Crippen molar-refractivity contribution in [3.63, 3.8) is 0 Å². The van der Waals surface area contributed by atoms with Gasteiger partial charge in [0, 0.05) is 29.2 Å². The molecule has 1 aromatic rings. The summed E-state index contributed by atoms with van der Waals surface area (Å²) in [6.45, 7) is 14.5. The van der Waals surface area contributed by atoms with Crippen molar-refractivity contribution in [2.75, 3.05) is 13.6 Å². The second-order valence-electron chi connectivity index (χ2n) is 7.89. The summed E-state index contributed by atoms with van der Waals surface area (Å²) in [5.74, 6) is -0.840. The number of halogens is 2. The third-order valence-corrected chi connectivity index (χ3v) is 4.32. The van der Waals surface area contributed by atoms with E-state index in [9.17, 15) is 14.3 Å². The number of nitrogens with zero attached hydrogens (tertiary/aromatic N) is 2. The maximum atomic E-state index is 13.9. The van der Waals surface area contributed by atoms with Crippen LogP contribution in [0.15, 0.2) is 48.1 Å². The van der Waals surface area contributed by atoms with Crippen LogP contribution in [0.2, 0.25) is 5.02 Å². The maximum absolute atomic E-state index is 13.9. The van der Waals surface area contributed by atoms with Crippen molar-refractivity contribution >= 4 is 23.6 Å². The van der Waals surface area contributed by atoms with E-state index in [0.29, 0.717) is 16.3 Å². The Morgan fingerprint density at radius 1 is 1.43 bits per heavy atom. The summed E-state index contributed by atoms with van der Waals surface area (Å²) in [5.41, 5.74) is 0.00782.